The van der Waals surface area contributed by atoms with Crippen LogP contribution in [-0.4, -0.2) is 25.2 Å². The molecular formula is C16H17NO5. The van der Waals surface area contributed by atoms with Gasteiger partial charge in [-0.3, -0.25) is 10.1 Å². The average molecular weight is 303 g/mol. The lowest BCUT2D eigenvalue weighted by molar-refractivity contribution is -0.385. The van der Waals surface area contributed by atoms with Gasteiger partial charge >= 0.3 is 0 Å². The van der Waals surface area contributed by atoms with Gasteiger partial charge in [-0.15, -0.1) is 0 Å². The van der Waals surface area contributed by atoms with Crippen LogP contribution in [0.2, 0.25) is 0 Å². The van der Waals surface area contributed by atoms with Crippen molar-refractivity contribution in [1.29, 1.82) is 0 Å². The van der Waals surface area contributed by atoms with Crippen molar-refractivity contribution < 1.29 is 19.1 Å². The molecule has 0 aromatic heterocycles. The molecule has 0 fully saturated rings. The minimum atomic E-state index is -0.464. The molecule has 6 nitrogen and oxygen atoms in total. The summed E-state index contributed by atoms with van der Waals surface area (Å²) in [7, 11) is 1.58. The molecule has 0 N–H and O–H groups in total. The van der Waals surface area contributed by atoms with E-state index in [0.717, 1.165) is 5.56 Å². The highest BCUT2D eigenvalue weighted by Crippen LogP contribution is 2.32. The van der Waals surface area contributed by atoms with E-state index >= 15 is 0 Å². The number of nitro groups is 1. The number of hydrogen-bond donors (Lipinski definition) is 0. The molecule has 0 saturated carbocycles. The quantitative estimate of drug-likeness (QED) is 0.425. The van der Waals surface area contributed by atoms with Crippen LogP contribution < -0.4 is 9.47 Å². The molecule has 0 amide bonds. The van der Waals surface area contributed by atoms with Crippen molar-refractivity contribution in [2.45, 2.75) is 6.61 Å². The molecule has 0 heterocycles. The maximum Gasteiger partial charge on any atom is 0.273 e. The van der Waals surface area contributed by atoms with Crippen molar-refractivity contribution in [3.8, 4) is 11.5 Å². The fourth-order valence-electron chi connectivity index (χ4n) is 1.81. The molecule has 0 radical (unpaired) electrons. The van der Waals surface area contributed by atoms with Crippen molar-refractivity contribution in [2.75, 3.05) is 20.3 Å². The number of nitrogens with zero attached hydrogens (tertiary/aromatic N) is 1. The lowest BCUT2D eigenvalue weighted by atomic mass is 10.2. The third-order valence-electron chi connectivity index (χ3n) is 2.92. The molecule has 2 rings (SSSR count). The molecule has 2 aromatic rings. The molecule has 0 spiro atoms. The smallest absolute Gasteiger partial charge is 0.273 e. The first kappa shape index (κ1) is 15.8. The van der Waals surface area contributed by atoms with E-state index in [1.54, 1.807) is 7.11 Å². The van der Waals surface area contributed by atoms with Gasteiger partial charge in [-0.2, -0.15) is 0 Å². The third kappa shape index (κ3) is 4.46. The molecule has 0 aliphatic heterocycles. The molecular weight excluding hydrogens is 286 g/mol. The van der Waals surface area contributed by atoms with Gasteiger partial charge in [0, 0.05) is 13.2 Å². The van der Waals surface area contributed by atoms with E-state index in [2.05, 4.69) is 0 Å². The highest BCUT2D eigenvalue weighted by molar-refractivity contribution is 5.48. The summed E-state index contributed by atoms with van der Waals surface area (Å²) in [6.07, 6.45) is 0. The first-order valence-electron chi connectivity index (χ1n) is 6.77. The van der Waals surface area contributed by atoms with Gasteiger partial charge in [0.2, 0.25) is 0 Å². The van der Waals surface area contributed by atoms with Crippen LogP contribution in [-0.2, 0) is 11.3 Å². The molecule has 0 unspecified atom stereocenters. The number of ether oxygens (including phenoxy) is 3. The van der Waals surface area contributed by atoms with Crippen LogP contribution in [0, 0.1) is 10.1 Å². The Hall–Kier alpha value is -2.60. The number of methoxy groups -OCH3 is 1. The molecule has 6 heteroatoms. The molecule has 0 bridgehead atoms. The zero-order valence-electron chi connectivity index (χ0n) is 12.2. The number of hydrogen-bond acceptors (Lipinski definition) is 5. The minimum absolute atomic E-state index is 0.0397. The Bertz CT molecular complexity index is 615. The van der Waals surface area contributed by atoms with Crippen LogP contribution in [0.1, 0.15) is 5.56 Å². The van der Waals surface area contributed by atoms with Gasteiger partial charge < -0.3 is 14.2 Å². The second-order valence-corrected chi connectivity index (χ2v) is 4.50. The van der Waals surface area contributed by atoms with E-state index in [1.165, 1.54) is 18.2 Å². The monoisotopic (exact) mass is 303 g/mol. The molecule has 22 heavy (non-hydrogen) atoms. The summed E-state index contributed by atoms with van der Waals surface area (Å²) in [6, 6.07) is 13.8. The number of non-ortho nitro benzene ring substituents is 1. The van der Waals surface area contributed by atoms with E-state index in [-0.39, 0.29) is 5.69 Å². The van der Waals surface area contributed by atoms with Gasteiger partial charge in [0.05, 0.1) is 17.6 Å². The first-order valence-corrected chi connectivity index (χ1v) is 6.77. The first-order chi connectivity index (χ1) is 10.7. The summed E-state index contributed by atoms with van der Waals surface area (Å²) in [5.74, 6) is 0.799. The van der Waals surface area contributed by atoms with E-state index in [4.69, 9.17) is 14.2 Å². The molecule has 0 saturated heterocycles. The summed E-state index contributed by atoms with van der Waals surface area (Å²) in [6.45, 7) is 1.08. The summed E-state index contributed by atoms with van der Waals surface area (Å²) >= 11 is 0. The van der Waals surface area contributed by atoms with Gasteiger partial charge in [-0.05, 0) is 11.6 Å². The van der Waals surface area contributed by atoms with Crippen LogP contribution >= 0.6 is 0 Å². The van der Waals surface area contributed by atoms with Gasteiger partial charge in [-0.25, -0.2) is 0 Å². The SMILES string of the molecule is COCCOc1ccc([N+](=O)[O-])cc1OCc1ccccc1. The van der Waals surface area contributed by atoms with E-state index in [9.17, 15) is 10.1 Å². The highest BCUT2D eigenvalue weighted by Gasteiger charge is 2.13. The topological polar surface area (TPSA) is 70.8 Å². The highest BCUT2D eigenvalue weighted by atomic mass is 16.6. The minimum Gasteiger partial charge on any atom is -0.487 e. The van der Waals surface area contributed by atoms with E-state index in [0.29, 0.717) is 31.3 Å². The zero-order valence-corrected chi connectivity index (χ0v) is 12.2. The standard InChI is InChI=1S/C16H17NO5/c1-20-9-10-21-15-8-7-14(17(18)19)11-16(15)22-12-13-5-3-2-4-6-13/h2-8,11H,9-10,12H2,1H3. The predicted octanol–water partition coefficient (Wildman–Crippen LogP) is 3.20. The van der Waals surface area contributed by atoms with Gasteiger partial charge in [0.15, 0.2) is 11.5 Å². The second-order valence-electron chi connectivity index (χ2n) is 4.50. The predicted molar refractivity (Wildman–Crippen MR) is 81.2 cm³/mol. The maximum atomic E-state index is 10.9. The fourth-order valence-corrected chi connectivity index (χ4v) is 1.81. The molecule has 2 aromatic carbocycles. The van der Waals surface area contributed by atoms with Gasteiger partial charge in [-0.1, -0.05) is 30.3 Å². The Morgan fingerprint density at radius 3 is 2.45 bits per heavy atom. The fraction of sp³-hybridized carbons (Fsp3) is 0.250. The molecule has 0 aliphatic carbocycles. The largest absolute Gasteiger partial charge is 0.487 e. The van der Waals surface area contributed by atoms with Crippen molar-refractivity contribution in [3.63, 3.8) is 0 Å². The van der Waals surface area contributed by atoms with Crippen LogP contribution in [0.3, 0.4) is 0 Å². The Morgan fingerprint density at radius 1 is 1.00 bits per heavy atom. The molecule has 0 atom stereocenters. The Kier molecular flexibility index (Phi) is 5.73. The van der Waals surface area contributed by atoms with Crippen LogP contribution in [0.15, 0.2) is 48.5 Å². The lowest BCUT2D eigenvalue weighted by Gasteiger charge is -2.12. The Labute approximate surface area is 128 Å². The van der Waals surface area contributed by atoms with Crippen LogP contribution in [0.4, 0.5) is 5.69 Å². The second kappa shape index (κ2) is 7.99. The third-order valence-corrected chi connectivity index (χ3v) is 2.92. The van der Waals surface area contributed by atoms with Crippen molar-refractivity contribution in [1.82, 2.24) is 0 Å². The van der Waals surface area contributed by atoms with Crippen LogP contribution in [0.25, 0.3) is 0 Å². The van der Waals surface area contributed by atoms with Crippen molar-refractivity contribution >= 4 is 5.69 Å². The summed E-state index contributed by atoms with van der Waals surface area (Å²) in [5.41, 5.74) is 0.930. The number of nitro benzene ring substituents is 1. The van der Waals surface area contributed by atoms with Gasteiger partial charge in [0.25, 0.3) is 5.69 Å². The van der Waals surface area contributed by atoms with E-state index in [1.807, 2.05) is 30.3 Å². The Morgan fingerprint density at radius 2 is 1.77 bits per heavy atom. The summed E-state index contributed by atoms with van der Waals surface area (Å²) < 4.78 is 16.1. The molecule has 116 valence electrons. The van der Waals surface area contributed by atoms with Crippen molar-refractivity contribution in [3.05, 3.63) is 64.2 Å². The average Bonchev–Trinajstić information content (AvgIpc) is 2.54. The normalized spacial score (nSPS) is 10.2. The van der Waals surface area contributed by atoms with Crippen LogP contribution in [0.5, 0.6) is 11.5 Å². The summed E-state index contributed by atoms with van der Waals surface area (Å²) in [4.78, 5) is 10.4. The number of rotatable bonds is 8. The van der Waals surface area contributed by atoms with Gasteiger partial charge in [0.1, 0.15) is 13.2 Å². The zero-order chi connectivity index (χ0) is 15.8. The maximum absolute atomic E-state index is 10.9. The molecule has 0 aliphatic rings. The van der Waals surface area contributed by atoms with Crippen molar-refractivity contribution in [2.24, 2.45) is 0 Å². The van der Waals surface area contributed by atoms with E-state index < -0.39 is 4.92 Å². The lowest BCUT2D eigenvalue weighted by Crippen LogP contribution is -2.06. The summed E-state index contributed by atoms with van der Waals surface area (Å²) in [5, 5.41) is 10.9. The number of benzene rings is 2. The Balaban J connectivity index is 2.13.